The number of fused-ring (bicyclic) bond motifs is 3. The topological polar surface area (TPSA) is 61.9 Å². The molecule has 1 aliphatic rings. The summed E-state index contributed by atoms with van der Waals surface area (Å²) >= 11 is 0. The zero-order chi connectivity index (χ0) is 18.1. The van der Waals surface area contributed by atoms with E-state index in [1.165, 1.54) is 5.69 Å². The zero-order valence-electron chi connectivity index (χ0n) is 15.5. The highest BCUT2D eigenvalue weighted by Gasteiger charge is 2.27. The van der Waals surface area contributed by atoms with E-state index in [9.17, 15) is 4.79 Å². The Morgan fingerprint density at radius 2 is 2.23 bits per heavy atom. The Kier molecular flexibility index (Phi) is 4.62. The van der Waals surface area contributed by atoms with Crippen LogP contribution in [0.4, 0.5) is 5.69 Å². The monoisotopic (exact) mass is 350 g/mol. The molecule has 0 aromatic carbocycles. The predicted molar refractivity (Wildman–Crippen MR) is 105 cm³/mol. The Morgan fingerprint density at radius 3 is 3.08 bits per heavy atom. The van der Waals surface area contributed by atoms with Gasteiger partial charge in [-0.1, -0.05) is 13.8 Å². The first kappa shape index (κ1) is 17.0. The molecule has 0 bridgehead atoms. The number of carbonyl (C=O) groups excluding carboxylic acids is 1. The maximum Gasteiger partial charge on any atom is 0.159 e. The van der Waals surface area contributed by atoms with Crippen LogP contribution in [-0.4, -0.2) is 33.8 Å². The number of pyridine rings is 2. The van der Waals surface area contributed by atoms with Crippen LogP contribution in [0.25, 0.3) is 21.9 Å². The number of rotatable bonds is 5. The molecule has 4 rings (SSSR count). The lowest BCUT2D eigenvalue weighted by Gasteiger charge is -2.34. The van der Waals surface area contributed by atoms with Gasteiger partial charge < -0.3 is 9.88 Å². The van der Waals surface area contributed by atoms with Crippen LogP contribution in [0, 0.1) is 11.8 Å². The van der Waals surface area contributed by atoms with Gasteiger partial charge in [-0.25, -0.2) is 9.97 Å². The van der Waals surface area contributed by atoms with E-state index in [2.05, 4.69) is 39.8 Å². The summed E-state index contributed by atoms with van der Waals surface area (Å²) in [6, 6.07) is 4.15. The lowest BCUT2D eigenvalue weighted by Crippen LogP contribution is -2.39. The van der Waals surface area contributed by atoms with E-state index < -0.39 is 0 Å². The molecule has 1 N–H and O–H groups in total. The molecule has 26 heavy (non-hydrogen) atoms. The summed E-state index contributed by atoms with van der Waals surface area (Å²) in [5, 5.41) is 2.23. The van der Waals surface area contributed by atoms with E-state index in [1.54, 1.807) is 0 Å². The number of ketones is 1. The molecule has 1 atom stereocenters. The summed E-state index contributed by atoms with van der Waals surface area (Å²) in [6.45, 7) is 6.17. The number of nitrogens with one attached hydrogen (secondary N) is 1. The second-order valence-corrected chi connectivity index (χ2v) is 7.78. The number of aromatic amines is 1. The molecule has 5 nitrogen and oxygen atoms in total. The van der Waals surface area contributed by atoms with Crippen molar-refractivity contribution in [3.63, 3.8) is 0 Å². The minimum atomic E-state index is 0.150. The Bertz CT molecular complexity index is 930. The second kappa shape index (κ2) is 7.06. The Balaban J connectivity index is 1.65. The van der Waals surface area contributed by atoms with Gasteiger partial charge in [0.25, 0.3) is 0 Å². The molecular formula is C21H26N4O. The van der Waals surface area contributed by atoms with Crippen molar-refractivity contribution < 1.29 is 4.79 Å². The lowest BCUT2D eigenvalue weighted by atomic mass is 9.89. The number of hydrogen-bond acceptors (Lipinski definition) is 4. The molecule has 1 saturated heterocycles. The first-order chi connectivity index (χ1) is 12.6. The van der Waals surface area contributed by atoms with Gasteiger partial charge in [0.1, 0.15) is 5.78 Å². The predicted octanol–water partition coefficient (Wildman–Crippen LogP) is 4.33. The normalized spacial score (nSPS) is 18.1. The van der Waals surface area contributed by atoms with Crippen LogP contribution in [-0.2, 0) is 4.79 Å². The number of Topliss-reactive ketones (excluding diaryl/α,β-unsaturated/α-hetero) is 1. The highest BCUT2D eigenvalue weighted by molar-refractivity contribution is 6.10. The van der Waals surface area contributed by atoms with Crippen LogP contribution < -0.4 is 4.90 Å². The smallest absolute Gasteiger partial charge is 0.159 e. The molecule has 0 radical (unpaired) electrons. The summed E-state index contributed by atoms with van der Waals surface area (Å²) in [5.41, 5.74) is 2.97. The third kappa shape index (κ3) is 3.18. The van der Waals surface area contributed by atoms with Crippen LogP contribution in [0.5, 0.6) is 0 Å². The molecule has 4 heterocycles. The first-order valence-electron chi connectivity index (χ1n) is 9.62. The highest BCUT2D eigenvalue weighted by atomic mass is 16.1. The van der Waals surface area contributed by atoms with Crippen molar-refractivity contribution in [1.82, 2.24) is 15.0 Å². The first-order valence-corrected chi connectivity index (χ1v) is 9.62. The Morgan fingerprint density at radius 1 is 1.35 bits per heavy atom. The largest absolute Gasteiger partial charge is 0.370 e. The highest BCUT2D eigenvalue weighted by Crippen LogP contribution is 2.33. The number of carbonyl (C=O) groups is 1. The van der Waals surface area contributed by atoms with Gasteiger partial charge >= 0.3 is 0 Å². The van der Waals surface area contributed by atoms with Gasteiger partial charge in [-0.3, -0.25) is 4.79 Å². The third-order valence-electron chi connectivity index (χ3n) is 5.46. The molecule has 0 amide bonds. The van der Waals surface area contributed by atoms with Gasteiger partial charge in [0, 0.05) is 54.3 Å². The van der Waals surface area contributed by atoms with Crippen molar-refractivity contribution in [3.05, 3.63) is 30.7 Å². The van der Waals surface area contributed by atoms with Gasteiger partial charge in [-0.2, -0.15) is 0 Å². The van der Waals surface area contributed by atoms with E-state index in [-0.39, 0.29) is 5.92 Å². The molecule has 5 heteroatoms. The van der Waals surface area contributed by atoms with Crippen LogP contribution >= 0.6 is 0 Å². The summed E-state index contributed by atoms with van der Waals surface area (Å²) in [7, 11) is 0. The number of piperidine rings is 1. The standard InChI is InChI=1S/C21H26N4O/c1-14(2)5-6-19(26)15-4-3-11-25(13-15)18-8-10-22-17-12-24-21-16(20(17)18)7-9-23-21/h7-10,12,14-15,22H,3-6,11,13H2,1-2H3. The van der Waals surface area contributed by atoms with Crippen LogP contribution in [0.2, 0.25) is 0 Å². The average Bonchev–Trinajstić information content (AvgIpc) is 3.14. The van der Waals surface area contributed by atoms with Crippen molar-refractivity contribution in [1.29, 1.82) is 0 Å². The molecular weight excluding hydrogens is 324 g/mol. The van der Waals surface area contributed by atoms with Crippen molar-refractivity contribution in [2.45, 2.75) is 39.5 Å². The van der Waals surface area contributed by atoms with Gasteiger partial charge in [0.05, 0.1) is 11.7 Å². The van der Waals surface area contributed by atoms with Gasteiger partial charge in [-0.15, -0.1) is 0 Å². The van der Waals surface area contributed by atoms with Crippen molar-refractivity contribution in [3.8, 4) is 0 Å². The molecule has 1 aliphatic heterocycles. The molecule has 0 saturated carbocycles. The fourth-order valence-corrected chi connectivity index (χ4v) is 4.00. The maximum absolute atomic E-state index is 12.7. The van der Waals surface area contributed by atoms with Gasteiger partial charge in [-0.05, 0) is 37.3 Å². The second-order valence-electron chi connectivity index (χ2n) is 7.78. The summed E-state index contributed by atoms with van der Waals surface area (Å²) in [6.07, 6.45) is 9.40. The zero-order valence-corrected chi connectivity index (χ0v) is 15.5. The van der Waals surface area contributed by atoms with Crippen LogP contribution in [0.3, 0.4) is 0 Å². The maximum atomic E-state index is 12.7. The fourth-order valence-electron chi connectivity index (χ4n) is 4.00. The molecule has 0 spiro atoms. The fraction of sp³-hybridized carbons (Fsp3) is 0.476. The molecule has 0 aliphatic carbocycles. The van der Waals surface area contributed by atoms with E-state index in [4.69, 9.17) is 0 Å². The molecule has 136 valence electrons. The molecule has 1 unspecified atom stereocenters. The van der Waals surface area contributed by atoms with E-state index in [1.807, 2.05) is 24.7 Å². The van der Waals surface area contributed by atoms with Gasteiger partial charge in [0.15, 0.2) is 5.65 Å². The van der Waals surface area contributed by atoms with Crippen molar-refractivity contribution in [2.24, 2.45) is 11.8 Å². The van der Waals surface area contributed by atoms with E-state index >= 15 is 0 Å². The summed E-state index contributed by atoms with van der Waals surface area (Å²) in [5.74, 6) is 1.16. The lowest BCUT2D eigenvalue weighted by molar-refractivity contribution is -0.123. The van der Waals surface area contributed by atoms with Crippen LogP contribution in [0.15, 0.2) is 30.7 Å². The molecule has 1 fully saturated rings. The Labute approximate surface area is 153 Å². The molecule has 3 aromatic heterocycles. The number of hydrogen-bond donors (Lipinski definition) is 1. The Hall–Kier alpha value is -2.43. The average molecular weight is 350 g/mol. The molecule has 3 aromatic rings. The summed E-state index contributed by atoms with van der Waals surface area (Å²) in [4.78, 5) is 27.1. The number of nitrogens with zero attached hydrogens (tertiary/aromatic N) is 3. The summed E-state index contributed by atoms with van der Waals surface area (Å²) < 4.78 is 0. The SMILES string of the molecule is CC(C)CCC(=O)C1CCCN(c2cc[nH]c3cnc4nccc4c23)C1. The van der Waals surface area contributed by atoms with E-state index in [0.29, 0.717) is 18.1 Å². The van der Waals surface area contributed by atoms with Crippen LogP contribution in [0.1, 0.15) is 39.5 Å². The van der Waals surface area contributed by atoms with Gasteiger partial charge in [0.2, 0.25) is 0 Å². The minimum absolute atomic E-state index is 0.150. The third-order valence-corrected chi connectivity index (χ3v) is 5.46. The number of H-pyrrole nitrogens is 1. The van der Waals surface area contributed by atoms with E-state index in [0.717, 1.165) is 54.3 Å². The number of anilines is 1. The minimum Gasteiger partial charge on any atom is -0.370 e. The number of aromatic nitrogens is 3. The quantitative estimate of drug-likeness (QED) is 0.744. The van der Waals surface area contributed by atoms with Crippen molar-refractivity contribution >= 4 is 33.4 Å². The van der Waals surface area contributed by atoms with Crippen molar-refractivity contribution in [2.75, 3.05) is 18.0 Å².